The Bertz CT molecular complexity index is 1110. The molecule has 0 radical (unpaired) electrons. The summed E-state index contributed by atoms with van der Waals surface area (Å²) in [6, 6.07) is 4.12. The van der Waals surface area contributed by atoms with Gasteiger partial charge < -0.3 is 19.7 Å². The van der Waals surface area contributed by atoms with Crippen molar-refractivity contribution in [2.45, 2.75) is 77.7 Å². The zero-order valence-corrected chi connectivity index (χ0v) is 23.1. The van der Waals surface area contributed by atoms with Crippen LogP contribution in [0.15, 0.2) is 29.1 Å². The molecule has 0 spiro atoms. The molecule has 0 unspecified atom stereocenters. The van der Waals surface area contributed by atoms with Gasteiger partial charge in [-0.05, 0) is 69.8 Å². The van der Waals surface area contributed by atoms with E-state index >= 15 is 0 Å². The third-order valence-electron chi connectivity index (χ3n) is 7.55. The second-order valence-corrected chi connectivity index (χ2v) is 11.6. The maximum Gasteiger partial charge on any atom is 0.272 e. The van der Waals surface area contributed by atoms with Crippen molar-refractivity contribution in [1.82, 2.24) is 24.7 Å². The lowest BCUT2D eigenvalue weighted by Gasteiger charge is -2.55. The molecular formula is C28H41N5O5. The zero-order valence-electron chi connectivity index (χ0n) is 23.1. The lowest BCUT2D eigenvalue weighted by atomic mass is 9.93. The number of piperazine rings is 1. The number of fused-ring (bicyclic) bond motifs is 1. The van der Waals surface area contributed by atoms with E-state index in [1.165, 1.54) is 23.3 Å². The van der Waals surface area contributed by atoms with Crippen LogP contribution in [0.1, 0.15) is 59.1 Å². The third kappa shape index (κ3) is 6.18. The number of H-pyrrole nitrogens is 1. The predicted molar refractivity (Wildman–Crippen MR) is 143 cm³/mol. The Morgan fingerprint density at radius 3 is 2.37 bits per heavy atom. The summed E-state index contributed by atoms with van der Waals surface area (Å²) < 4.78 is 0. The number of aromatic nitrogens is 1. The molecule has 3 saturated heterocycles. The summed E-state index contributed by atoms with van der Waals surface area (Å²) in [5, 5.41) is 1.29. The maximum absolute atomic E-state index is 13.9. The van der Waals surface area contributed by atoms with Crippen LogP contribution in [-0.4, -0.2) is 93.5 Å². The van der Waals surface area contributed by atoms with E-state index in [1.54, 1.807) is 17.0 Å². The summed E-state index contributed by atoms with van der Waals surface area (Å²) in [5.74, 6) is -0.367. The quantitative estimate of drug-likeness (QED) is 0.545. The van der Waals surface area contributed by atoms with Crippen LogP contribution in [0.3, 0.4) is 0 Å². The fraction of sp³-hybridized carbons (Fsp3) is 0.643. The number of likely N-dealkylation sites (tertiary alicyclic amines) is 1. The van der Waals surface area contributed by atoms with Gasteiger partial charge >= 0.3 is 0 Å². The number of piperidine rings is 1. The van der Waals surface area contributed by atoms with E-state index in [2.05, 4.69) is 16.9 Å². The van der Waals surface area contributed by atoms with Gasteiger partial charge in [-0.3, -0.25) is 24.0 Å². The fourth-order valence-corrected chi connectivity index (χ4v) is 5.64. The molecule has 10 heteroatoms. The van der Waals surface area contributed by atoms with E-state index in [-0.39, 0.29) is 41.8 Å². The van der Waals surface area contributed by atoms with Gasteiger partial charge in [0.15, 0.2) is 12.3 Å². The van der Waals surface area contributed by atoms with Gasteiger partial charge in [0.05, 0.1) is 6.54 Å². The number of hydrogen-bond acceptors (Lipinski definition) is 6. The Morgan fingerprint density at radius 1 is 1.05 bits per heavy atom. The van der Waals surface area contributed by atoms with Crippen LogP contribution in [-0.2, 0) is 19.2 Å². The van der Waals surface area contributed by atoms with Crippen LogP contribution in [0, 0.1) is 11.8 Å². The molecule has 0 bridgehead atoms. The van der Waals surface area contributed by atoms with Gasteiger partial charge in [0.25, 0.3) is 11.8 Å². The molecule has 3 amide bonds. The van der Waals surface area contributed by atoms with Gasteiger partial charge in [0.2, 0.25) is 11.5 Å². The first-order valence-electron chi connectivity index (χ1n) is 13.7. The molecule has 3 atom stereocenters. The number of hydroxylamine groups is 2. The average molecular weight is 528 g/mol. The van der Waals surface area contributed by atoms with Crippen molar-refractivity contribution in [1.29, 1.82) is 0 Å². The molecule has 0 aromatic carbocycles. The number of nitrogens with one attached hydrogen (secondary N) is 1. The van der Waals surface area contributed by atoms with Crippen molar-refractivity contribution in [2.75, 3.05) is 26.7 Å². The Kier molecular flexibility index (Phi) is 8.72. The van der Waals surface area contributed by atoms with Gasteiger partial charge in [-0.1, -0.05) is 33.8 Å². The molecule has 1 aromatic heterocycles. The second-order valence-electron chi connectivity index (χ2n) is 11.6. The number of carbonyl (C=O) groups excluding carboxylic acids is 3. The number of amides is 3. The number of carbonyl (C=O) groups is 3. The van der Waals surface area contributed by atoms with Crippen LogP contribution in [0.25, 0.3) is 6.08 Å². The van der Waals surface area contributed by atoms with Crippen LogP contribution in [0.4, 0.5) is 0 Å². The van der Waals surface area contributed by atoms with Gasteiger partial charge in [0, 0.05) is 23.9 Å². The van der Waals surface area contributed by atoms with Crippen molar-refractivity contribution in [2.24, 2.45) is 11.8 Å². The summed E-state index contributed by atoms with van der Waals surface area (Å²) in [4.78, 5) is 67.5. The second kappa shape index (κ2) is 11.8. The largest absolute Gasteiger partial charge is 0.334 e. The smallest absolute Gasteiger partial charge is 0.272 e. The maximum atomic E-state index is 13.9. The predicted octanol–water partition coefficient (Wildman–Crippen LogP) is 2.08. The van der Waals surface area contributed by atoms with E-state index < -0.39 is 24.2 Å². The highest BCUT2D eigenvalue weighted by Gasteiger charge is 2.53. The molecule has 1 N–H and O–H groups in total. The van der Waals surface area contributed by atoms with Crippen LogP contribution < -0.4 is 5.56 Å². The molecule has 38 heavy (non-hydrogen) atoms. The van der Waals surface area contributed by atoms with Crippen LogP contribution >= 0.6 is 0 Å². The lowest BCUT2D eigenvalue weighted by molar-refractivity contribution is -0.275. The van der Waals surface area contributed by atoms with E-state index in [0.29, 0.717) is 18.5 Å². The van der Waals surface area contributed by atoms with Crippen molar-refractivity contribution < 1.29 is 19.2 Å². The minimum atomic E-state index is -0.850. The van der Waals surface area contributed by atoms with Crippen molar-refractivity contribution in [3.63, 3.8) is 0 Å². The number of rotatable bonds is 7. The summed E-state index contributed by atoms with van der Waals surface area (Å²) >= 11 is 0. The normalized spacial score (nSPS) is 25.7. The first kappa shape index (κ1) is 28.0. The monoisotopic (exact) mass is 527 g/mol. The third-order valence-corrected chi connectivity index (χ3v) is 7.55. The number of nitrogens with zero attached hydrogens (tertiary/aromatic N) is 4. The minimum absolute atomic E-state index is 0.0344. The van der Waals surface area contributed by atoms with E-state index in [4.69, 9.17) is 4.84 Å². The van der Waals surface area contributed by atoms with E-state index in [9.17, 15) is 19.2 Å². The molecule has 3 aliphatic rings. The Morgan fingerprint density at radius 2 is 1.74 bits per heavy atom. The number of pyridine rings is 1. The standard InChI is InChI=1S/C28H41N5O5/c1-18(2)15-22-27(36)31(21-11-13-30(5)14-12-21)17-25-32(22)28(37)23(16-19(3)4)38-33(25)26(35)10-9-20-7-6-8-24(34)29-20/h6-10,18-19,21-23,25H,11-17H2,1-5H3,(H,29,34)/b10-9+/t22-,23+,25-/m0/s1. The molecule has 208 valence electrons. The zero-order chi connectivity index (χ0) is 27.6. The lowest BCUT2D eigenvalue weighted by Crippen LogP contribution is -2.74. The SMILES string of the molecule is CC(C)C[C@H]1ON(C(=O)/C=C/c2cccc(=O)[nH]2)[C@H]2CN(C3CCN(C)CC3)C(=O)[C@H](CC(C)C)N2C1=O. The first-order valence-corrected chi connectivity index (χ1v) is 13.7. The highest BCUT2D eigenvalue weighted by molar-refractivity contribution is 5.95. The van der Waals surface area contributed by atoms with Gasteiger partial charge in [-0.25, -0.2) is 0 Å². The van der Waals surface area contributed by atoms with E-state index in [1.807, 2.05) is 32.6 Å². The van der Waals surface area contributed by atoms with Crippen molar-refractivity contribution >= 4 is 23.8 Å². The van der Waals surface area contributed by atoms with Crippen LogP contribution in [0.2, 0.25) is 0 Å². The average Bonchev–Trinajstić information content (AvgIpc) is 2.85. The molecule has 4 rings (SSSR count). The van der Waals surface area contributed by atoms with Crippen LogP contribution in [0.5, 0.6) is 0 Å². The first-order chi connectivity index (χ1) is 18.0. The highest BCUT2D eigenvalue weighted by atomic mass is 16.7. The molecule has 3 fully saturated rings. The molecule has 4 heterocycles. The highest BCUT2D eigenvalue weighted by Crippen LogP contribution is 2.34. The summed E-state index contributed by atoms with van der Waals surface area (Å²) in [6.07, 6.45) is 3.95. The topological polar surface area (TPSA) is 106 Å². The summed E-state index contributed by atoms with van der Waals surface area (Å²) in [6.45, 7) is 10.1. The van der Waals surface area contributed by atoms with Gasteiger partial charge in [0.1, 0.15) is 6.04 Å². The number of aromatic amines is 1. The molecule has 10 nitrogen and oxygen atoms in total. The summed E-state index contributed by atoms with van der Waals surface area (Å²) in [7, 11) is 2.08. The minimum Gasteiger partial charge on any atom is -0.334 e. The Balaban J connectivity index is 1.69. The van der Waals surface area contributed by atoms with Gasteiger partial charge in [-0.2, -0.15) is 5.06 Å². The molecule has 1 aromatic rings. The van der Waals surface area contributed by atoms with E-state index in [0.717, 1.165) is 25.9 Å². The van der Waals surface area contributed by atoms with Gasteiger partial charge in [-0.15, -0.1) is 0 Å². The molecule has 3 aliphatic heterocycles. The van der Waals surface area contributed by atoms with Crippen molar-refractivity contribution in [3.05, 3.63) is 40.3 Å². The van der Waals surface area contributed by atoms with Crippen molar-refractivity contribution in [3.8, 4) is 0 Å². The summed E-state index contributed by atoms with van der Waals surface area (Å²) in [5.41, 5.74) is 0.220. The molecular weight excluding hydrogens is 486 g/mol. The Labute approximate surface area is 224 Å². The number of hydrogen-bond donors (Lipinski definition) is 1. The molecule has 0 saturated carbocycles. The fourth-order valence-electron chi connectivity index (χ4n) is 5.64. The molecule has 0 aliphatic carbocycles. The Hall–Kier alpha value is -2.98.